The van der Waals surface area contributed by atoms with Crippen LogP contribution in [0.1, 0.15) is 33.1 Å². The van der Waals surface area contributed by atoms with Gasteiger partial charge in [0.05, 0.1) is 30.9 Å². The number of carbonyl (C=O) groups is 2. The molecule has 0 bridgehead atoms. The molecule has 3 saturated heterocycles. The van der Waals surface area contributed by atoms with Crippen molar-refractivity contribution in [3.63, 3.8) is 0 Å². The lowest BCUT2D eigenvalue weighted by atomic mass is 9.94. The third-order valence-corrected chi connectivity index (χ3v) is 6.79. The minimum Gasteiger partial charge on any atom is -0.495 e. The number of hydrogen-bond acceptors (Lipinski definition) is 5. The first-order chi connectivity index (χ1) is 14.9. The average Bonchev–Trinajstić information content (AvgIpc) is 3.14. The Morgan fingerprint density at radius 2 is 1.77 bits per heavy atom. The molecule has 3 aliphatic rings. The fourth-order valence-corrected chi connectivity index (χ4v) is 5.35. The van der Waals surface area contributed by atoms with Gasteiger partial charge in [-0.1, -0.05) is 12.1 Å². The first-order valence-electron chi connectivity index (χ1n) is 11.5. The highest BCUT2D eigenvalue weighted by Crippen LogP contribution is 2.34. The van der Waals surface area contributed by atoms with Crippen LogP contribution in [-0.2, 0) is 14.3 Å². The van der Waals surface area contributed by atoms with Crippen LogP contribution >= 0.6 is 0 Å². The molecule has 31 heavy (non-hydrogen) atoms. The Hall–Kier alpha value is -2.12. The molecule has 3 fully saturated rings. The molecular weight excluding hydrogens is 394 g/mol. The first kappa shape index (κ1) is 22.1. The number of likely N-dealkylation sites (tertiary alicyclic amines) is 1. The summed E-state index contributed by atoms with van der Waals surface area (Å²) < 4.78 is 11.2. The maximum absolute atomic E-state index is 13.1. The van der Waals surface area contributed by atoms with E-state index in [1.54, 1.807) is 12.0 Å². The standard InChI is InChI=1S/C24H35N3O4/c1-17-13-25(14-18(2)31-17)15-19-8-10-26(11-9-19)24(29)20-12-23(28)27(16-20)21-6-4-5-7-22(21)30-3/h4-7,17-20H,8-16H2,1-3H3. The Balaban J connectivity index is 1.29. The van der Waals surface area contributed by atoms with E-state index in [1.165, 1.54) is 0 Å². The van der Waals surface area contributed by atoms with Gasteiger partial charge in [-0.25, -0.2) is 0 Å². The SMILES string of the molecule is COc1ccccc1N1CC(C(=O)N2CCC(CN3CC(C)OC(C)C3)CC2)CC1=O. The minimum atomic E-state index is -0.269. The van der Waals surface area contributed by atoms with Crippen LogP contribution in [0.2, 0.25) is 0 Å². The smallest absolute Gasteiger partial charge is 0.228 e. The summed E-state index contributed by atoms with van der Waals surface area (Å²) in [5.74, 6) is 1.13. The molecule has 4 rings (SSSR count). The number of benzene rings is 1. The van der Waals surface area contributed by atoms with Gasteiger partial charge in [0.15, 0.2) is 0 Å². The number of hydrogen-bond donors (Lipinski definition) is 0. The topological polar surface area (TPSA) is 62.3 Å². The maximum atomic E-state index is 13.1. The fourth-order valence-electron chi connectivity index (χ4n) is 5.35. The molecule has 0 N–H and O–H groups in total. The molecule has 0 radical (unpaired) electrons. The van der Waals surface area contributed by atoms with E-state index in [0.717, 1.165) is 51.3 Å². The number of carbonyl (C=O) groups excluding carboxylic acids is 2. The van der Waals surface area contributed by atoms with Crippen molar-refractivity contribution in [2.75, 3.05) is 51.3 Å². The van der Waals surface area contributed by atoms with Crippen molar-refractivity contribution in [1.29, 1.82) is 0 Å². The third-order valence-electron chi connectivity index (χ3n) is 6.79. The molecule has 0 aliphatic carbocycles. The molecule has 0 aromatic heterocycles. The third kappa shape index (κ3) is 5.04. The van der Waals surface area contributed by atoms with Crippen LogP contribution in [0, 0.1) is 11.8 Å². The van der Waals surface area contributed by atoms with Gasteiger partial charge in [0.2, 0.25) is 11.8 Å². The molecule has 2 amide bonds. The van der Waals surface area contributed by atoms with Crippen LogP contribution in [0.5, 0.6) is 5.75 Å². The Kier molecular flexibility index (Phi) is 6.82. The van der Waals surface area contributed by atoms with Crippen LogP contribution in [0.3, 0.4) is 0 Å². The number of ether oxygens (including phenoxy) is 2. The lowest BCUT2D eigenvalue weighted by Gasteiger charge is -2.39. The van der Waals surface area contributed by atoms with E-state index in [2.05, 4.69) is 18.7 Å². The number of nitrogens with zero attached hydrogens (tertiary/aromatic N) is 3. The van der Waals surface area contributed by atoms with Crippen molar-refractivity contribution in [3.05, 3.63) is 24.3 Å². The van der Waals surface area contributed by atoms with E-state index in [4.69, 9.17) is 9.47 Å². The largest absolute Gasteiger partial charge is 0.495 e. The molecule has 7 heteroatoms. The summed E-state index contributed by atoms with van der Waals surface area (Å²) in [5, 5.41) is 0. The highest BCUT2D eigenvalue weighted by atomic mass is 16.5. The number of methoxy groups -OCH3 is 1. The number of amides is 2. The second-order valence-corrected chi connectivity index (χ2v) is 9.32. The first-order valence-corrected chi connectivity index (χ1v) is 11.5. The van der Waals surface area contributed by atoms with E-state index in [-0.39, 0.29) is 36.4 Å². The fraction of sp³-hybridized carbons (Fsp3) is 0.667. The molecule has 1 aromatic rings. The van der Waals surface area contributed by atoms with Crippen molar-refractivity contribution in [2.24, 2.45) is 11.8 Å². The number of morpholine rings is 1. The Bertz CT molecular complexity index is 783. The van der Waals surface area contributed by atoms with E-state index in [1.807, 2.05) is 29.2 Å². The highest BCUT2D eigenvalue weighted by molar-refractivity contribution is 6.01. The summed E-state index contributed by atoms with van der Waals surface area (Å²) in [6.45, 7) is 9.36. The van der Waals surface area contributed by atoms with Crippen LogP contribution in [0.4, 0.5) is 5.69 Å². The number of rotatable bonds is 5. The van der Waals surface area contributed by atoms with Gasteiger partial charge in [0, 0.05) is 45.7 Å². The summed E-state index contributed by atoms with van der Waals surface area (Å²) in [6.07, 6.45) is 2.92. The molecule has 0 saturated carbocycles. The lowest BCUT2D eigenvalue weighted by Crippen LogP contribution is -2.49. The van der Waals surface area contributed by atoms with Gasteiger partial charge in [0.1, 0.15) is 5.75 Å². The minimum absolute atomic E-state index is 0.00621. The summed E-state index contributed by atoms with van der Waals surface area (Å²) in [5.41, 5.74) is 0.748. The average molecular weight is 430 g/mol. The zero-order valence-electron chi connectivity index (χ0n) is 19.0. The number of piperidine rings is 1. The Morgan fingerprint density at radius 3 is 2.45 bits per heavy atom. The second-order valence-electron chi connectivity index (χ2n) is 9.32. The molecule has 3 unspecified atom stereocenters. The zero-order chi connectivity index (χ0) is 22.0. The van der Waals surface area contributed by atoms with Crippen molar-refractivity contribution in [3.8, 4) is 5.75 Å². The Labute approximate surface area is 185 Å². The summed E-state index contributed by atoms with van der Waals surface area (Å²) in [6, 6.07) is 7.50. The van der Waals surface area contributed by atoms with Gasteiger partial charge < -0.3 is 19.3 Å². The Morgan fingerprint density at radius 1 is 1.10 bits per heavy atom. The number of para-hydroxylation sites is 2. The van der Waals surface area contributed by atoms with Crippen LogP contribution in [-0.4, -0.2) is 80.2 Å². The normalized spacial score (nSPS) is 28.2. The van der Waals surface area contributed by atoms with Crippen LogP contribution in [0.25, 0.3) is 0 Å². The van der Waals surface area contributed by atoms with Crippen LogP contribution in [0.15, 0.2) is 24.3 Å². The predicted molar refractivity (Wildman–Crippen MR) is 119 cm³/mol. The van der Waals surface area contributed by atoms with Crippen molar-refractivity contribution >= 4 is 17.5 Å². The lowest BCUT2D eigenvalue weighted by molar-refractivity contribution is -0.137. The van der Waals surface area contributed by atoms with Gasteiger partial charge in [-0.3, -0.25) is 14.5 Å². The quantitative estimate of drug-likeness (QED) is 0.719. The zero-order valence-corrected chi connectivity index (χ0v) is 19.0. The van der Waals surface area contributed by atoms with Gasteiger partial charge in [-0.2, -0.15) is 0 Å². The van der Waals surface area contributed by atoms with Crippen molar-refractivity contribution in [1.82, 2.24) is 9.80 Å². The molecule has 3 heterocycles. The van der Waals surface area contributed by atoms with E-state index >= 15 is 0 Å². The molecule has 170 valence electrons. The molecular formula is C24H35N3O4. The predicted octanol–water partition coefficient (Wildman–Crippen LogP) is 2.40. The van der Waals surface area contributed by atoms with E-state index in [0.29, 0.717) is 18.2 Å². The molecule has 1 aromatic carbocycles. The maximum Gasteiger partial charge on any atom is 0.228 e. The van der Waals surface area contributed by atoms with Crippen LogP contribution < -0.4 is 9.64 Å². The highest BCUT2D eigenvalue weighted by Gasteiger charge is 2.39. The van der Waals surface area contributed by atoms with Gasteiger partial charge in [0.25, 0.3) is 0 Å². The van der Waals surface area contributed by atoms with Gasteiger partial charge in [-0.05, 0) is 44.7 Å². The second kappa shape index (κ2) is 9.57. The van der Waals surface area contributed by atoms with Gasteiger partial charge >= 0.3 is 0 Å². The summed E-state index contributed by atoms with van der Waals surface area (Å²) >= 11 is 0. The van der Waals surface area contributed by atoms with Crippen molar-refractivity contribution < 1.29 is 19.1 Å². The molecule has 7 nitrogen and oxygen atoms in total. The summed E-state index contributed by atoms with van der Waals surface area (Å²) in [7, 11) is 1.60. The molecule has 3 aliphatic heterocycles. The van der Waals surface area contributed by atoms with E-state index < -0.39 is 0 Å². The monoisotopic (exact) mass is 429 g/mol. The van der Waals surface area contributed by atoms with E-state index in [9.17, 15) is 9.59 Å². The van der Waals surface area contributed by atoms with Gasteiger partial charge in [-0.15, -0.1) is 0 Å². The van der Waals surface area contributed by atoms with Crippen molar-refractivity contribution in [2.45, 2.75) is 45.3 Å². The number of anilines is 1. The molecule has 3 atom stereocenters. The molecule has 0 spiro atoms. The summed E-state index contributed by atoms with van der Waals surface area (Å²) in [4.78, 5) is 32.0.